The molecule has 0 atom stereocenters. The van der Waals surface area contributed by atoms with Crippen LogP contribution < -0.4 is 10.6 Å². The lowest BCUT2D eigenvalue weighted by Gasteiger charge is -2.18. The number of likely N-dealkylation sites (N-methyl/N-ethyl adjacent to an activating group) is 1. The summed E-state index contributed by atoms with van der Waals surface area (Å²) in [5.41, 5.74) is 1.13. The highest BCUT2D eigenvalue weighted by atomic mass is 127. The van der Waals surface area contributed by atoms with E-state index in [1.54, 1.807) is 18.4 Å². The predicted molar refractivity (Wildman–Crippen MR) is 123 cm³/mol. The molecule has 0 fully saturated rings. The number of nitrogens with zero attached hydrogens (tertiary/aromatic N) is 3. The Morgan fingerprint density at radius 2 is 2.08 bits per heavy atom. The fraction of sp³-hybridized carbons (Fsp3) is 0.778. The Morgan fingerprint density at radius 3 is 2.73 bits per heavy atom. The quantitative estimate of drug-likeness (QED) is 0.190. The molecule has 6 nitrogen and oxygen atoms in total. The summed E-state index contributed by atoms with van der Waals surface area (Å²) in [7, 11) is 3.89. The van der Waals surface area contributed by atoms with Crippen LogP contribution in [-0.4, -0.2) is 69.3 Å². The molecular formula is C18H36IN5OS. The number of aliphatic imine (C=N–C) groups is 1. The highest BCUT2D eigenvalue weighted by molar-refractivity contribution is 14.0. The van der Waals surface area contributed by atoms with Crippen LogP contribution in [0.4, 0.5) is 0 Å². The summed E-state index contributed by atoms with van der Waals surface area (Å²) in [6.07, 6.45) is 4.36. The Balaban J connectivity index is 0.00000625. The van der Waals surface area contributed by atoms with Crippen LogP contribution in [-0.2, 0) is 11.2 Å². The average molecular weight is 497 g/mol. The van der Waals surface area contributed by atoms with Crippen molar-refractivity contribution >= 4 is 41.3 Å². The van der Waals surface area contributed by atoms with Crippen molar-refractivity contribution in [3.05, 3.63) is 16.1 Å². The second-order valence-corrected chi connectivity index (χ2v) is 7.12. The van der Waals surface area contributed by atoms with Crippen LogP contribution >= 0.6 is 35.3 Å². The lowest BCUT2D eigenvalue weighted by molar-refractivity contribution is 0.180. The molecule has 0 amide bonds. The van der Waals surface area contributed by atoms with Gasteiger partial charge in [0.25, 0.3) is 0 Å². The Morgan fingerprint density at radius 1 is 1.27 bits per heavy atom. The molecule has 0 saturated heterocycles. The maximum absolute atomic E-state index is 5.09. The van der Waals surface area contributed by atoms with Crippen molar-refractivity contribution in [3.63, 3.8) is 0 Å². The van der Waals surface area contributed by atoms with Gasteiger partial charge in [0.05, 0.1) is 5.01 Å². The van der Waals surface area contributed by atoms with Gasteiger partial charge in [-0.1, -0.05) is 0 Å². The van der Waals surface area contributed by atoms with E-state index in [2.05, 4.69) is 44.9 Å². The van der Waals surface area contributed by atoms with E-state index < -0.39 is 0 Å². The molecule has 0 aliphatic heterocycles. The summed E-state index contributed by atoms with van der Waals surface area (Å²) in [5.74, 6) is 0.915. The molecule has 26 heavy (non-hydrogen) atoms. The van der Waals surface area contributed by atoms with Gasteiger partial charge in [-0.25, -0.2) is 4.98 Å². The van der Waals surface area contributed by atoms with Crippen molar-refractivity contribution in [2.75, 3.05) is 53.5 Å². The molecule has 1 heterocycles. The first-order valence-electron chi connectivity index (χ1n) is 9.26. The van der Waals surface area contributed by atoms with Crippen molar-refractivity contribution in [2.45, 2.75) is 39.5 Å². The minimum atomic E-state index is 0. The number of unbranched alkanes of at least 4 members (excludes halogenated alkanes) is 1. The zero-order valence-corrected chi connectivity index (χ0v) is 19.9. The van der Waals surface area contributed by atoms with Gasteiger partial charge in [-0.15, -0.1) is 35.3 Å². The van der Waals surface area contributed by atoms with E-state index in [0.717, 1.165) is 76.7 Å². The van der Waals surface area contributed by atoms with Gasteiger partial charge >= 0.3 is 0 Å². The van der Waals surface area contributed by atoms with Gasteiger partial charge in [-0.3, -0.25) is 4.99 Å². The highest BCUT2D eigenvalue weighted by Gasteiger charge is 2.01. The molecule has 0 spiro atoms. The predicted octanol–water partition coefficient (Wildman–Crippen LogP) is 2.92. The number of aryl methyl sites for hydroxylation is 2. The molecule has 1 aromatic rings. The number of hydrogen-bond donors (Lipinski definition) is 2. The Hall–Kier alpha value is -0.450. The van der Waals surface area contributed by atoms with Gasteiger partial charge in [-0.2, -0.15) is 0 Å². The number of halogens is 1. The van der Waals surface area contributed by atoms with Crippen LogP contribution in [0.5, 0.6) is 0 Å². The monoisotopic (exact) mass is 497 g/mol. The van der Waals surface area contributed by atoms with Crippen LogP contribution in [0.15, 0.2) is 10.4 Å². The number of aromatic nitrogens is 1. The largest absolute Gasteiger partial charge is 0.385 e. The van der Waals surface area contributed by atoms with Gasteiger partial charge in [0.15, 0.2) is 5.96 Å². The number of guanidine groups is 1. The molecule has 0 bridgehead atoms. The molecule has 0 radical (unpaired) electrons. The minimum Gasteiger partial charge on any atom is -0.385 e. The lowest BCUT2D eigenvalue weighted by Crippen LogP contribution is -2.41. The maximum atomic E-state index is 5.09. The fourth-order valence-corrected chi connectivity index (χ4v) is 3.21. The van der Waals surface area contributed by atoms with E-state index >= 15 is 0 Å². The van der Waals surface area contributed by atoms with Crippen molar-refractivity contribution in [2.24, 2.45) is 4.99 Å². The maximum Gasteiger partial charge on any atom is 0.191 e. The van der Waals surface area contributed by atoms with Gasteiger partial charge in [0.1, 0.15) is 0 Å². The zero-order chi connectivity index (χ0) is 18.3. The fourth-order valence-electron chi connectivity index (χ4n) is 2.39. The van der Waals surface area contributed by atoms with E-state index in [0.29, 0.717) is 0 Å². The molecule has 0 aliphatic carbocycles. The minimum absolute atomic E-state index is 0. The van der Waals surface area contributed by atoms with Crippen LogP contribution in [0.25, 0.3) is 0 Å². The summed E-state index contributed by atoms with van der Waals surface area (Å²) in [4.78, 5) is 11.5. The first-order chi connectivity index (χ1) is 12.2. The number of hydrogen-bond acceptors (Lipinski definition) is 5. The zero-order valence-electron chi connectivity index (χ0n) is 16.7. The molecule has 2 N–H and O–H groups in total. The van der Waals surface area contributed by atoms with Crippen LogP contribution in [0.3, 0.4) is 0 Å². The Labute approximate surface area is 180 Å². The van der Waals surface area contributed by atoms with Gasteiger partial charge in [-0.05, 0) is 46.6 Å². The molecule has 8 heteroatoms. The number of methoxy groups -OCH3 is 1. The smallest absolute Gasteiger partial charge is 0.191 e. The van der Waals surface area contributed by atoms with E-state index in [1.165, 1.54) is 5.01 Å². The Bertz CT molecular complexity index is 484. The van der Waals surface area contributed by atoms with E-state index in [1.807, 2.05) is 6.92 Å². The summed E-state index contributed by atoms with van der Waals surface area (Å²) in [6, 6.07) is 0. The van der Waals surface area contributed by atoms with Gasteiger partial charge in [0, 0.05) is 57.5 Å². The van der Waals surface area contributed by atoms with E-state index in [-0.39, 0.29) is 24.0 Å². The normalized spacial score (nSPS) is 11.5. The summed E-state index contributed by atoms with van der Waals surface area (Å²) in [6.45, 7) is 9.65. The van der Waals surface area contributed by atoms with Crippen molar-refractivity contribution in [1.82, 2.24) is 20.5 Å². The summed E-state index contributed by atoms with van der Waals surface area (Å²) < 4.78 is 5.09. The summed E-state index contributed by atoms with van der Waals surface area (Å²) >= 11 is 1.76. The molecule has 1 aromatic heterocycles. The molecule has 152 valence electrons. The first-order valence-corrected chi connectivity index (χ1v) is 10.1. The number of ether oxygens (including phenoxy) is 1. The van der Waals surface area contributed by atoms with Crippen LogP contribution in [0.1, 0.15) is 36.9 Å². The average Bonchev–Trinajstić information content (AvgIpc) is 3.00. The third-order valence-electron chi connectivity index (χ3n) is 3.75. The summed E-state index contributed by atoms with van der Waals surface area (Å²) in [5, 5.41) is 10.1. The van der Waals surface area contributed by atoms with Gasteiger partial charge < -0.3 is 20.3 Å². The van der Waals surface area contributed by atoms with Crippen LogP contribution in [0.2, 0.25) is 0 Å². The second-order valence-electron chi connectivity index (χ2n) is 6.18. The number of nitrogens with one attached hydrogen (secondary N) is 2. The van der Waals surface area contributed by atoms with E-state index in [4.69, 9.17) is 4.74 Å². The third kappa shape index (κ3) is 12.8. The van der Waals surface area contributed by atoms with E-state index in [9.17, 15) is 0 Å². The van der Waals surface area contributed by atoms with Gasteiger partial charge in [0.2, 0.25) is 0 Å². The second kappa shape index (κ2) is 16.7. The lowest BCUT2D eigenvalue weighted by atomic mass is 10.2. The number of thiazole rings is 1. The molecule has 0 unspecified atom stereocenters. The molecular weight excluding hydrogens is 461 g/mol. The Kier molecular flexibility index (Phi) is 16.4. The SMILES string of the molecule is CCNC(=NCCCCc1nc(C)cs1)NCCN(C)CCCOC.I. The standard InChI is InChI=1S/C18H35N5OS.HI/c1-5-19-18(21-11-13-23(3)12-8-14-24-4)20-10-7-6-9-17-22-16(2)15-25-17;/h15H,5-14H2,1-4H3,(H2,19,20,21);1H. The highest BCUT2D eigenvalue weighted by Crippen LogP contribution is 2.11. The topological polar surface area (TPSA) is 61.8 Å². The van der Waals surface area contributed by atoms with Crippen molar-refractivity contribution < 1.29 is 4.74 Å². The van der Waals surface area contributed by atoms with Crippen molar-refractivity contribution in [3.8, 4) is 0 Å². The molecule has 1 rings (SSSR count). The third-order valence-corrected chi connectivity index (χ3v) is 4.78. The van der Waals surface area contributed by atoms with Crippen LogP contribution in [0, 0.1) is 6.92 Å². The molecule has 0 aliphatic rings. The molecule has 0 aromatic carbocycles. The van der Waals surface area contributed by atoms with Crippen molar-refractivity contribution in [1.29, 1.82) is 0 Å². The molecule has 0 saturated carbocycles. The first kappa shape index (κ1) is 25.6. The number of rotatable bonds is 13.